The molecule has 1 heterocycles. The molecule has 0 aliphatic rings. The molecule has 1 aromatic heterocycles. The lowest BCUT2D eigenvalue weighted by atomic mass is 10.1. The van der Waals surface area contributed by atoms with Crippen molar-refractivity contribution in [3.8, 4) is 11.4 Å². The highest BCUT2D eigenvalue weighted by molar-refractivity contribution is 6.05. The van der Waals surface area contributed by atoms with Crippen LogP contribution in [0.4, 0.5) is 5.69 Å². The topological polar surface area (TPSA) is 115 Å². The van der Waals surface area contributed by atoms with Gasteiger partial charge in [-0.05, 0) is 30.3 Å². The highest BCUT2D eigenvalue weighted by Crippen LogP contribution is 2.29. The number of rotatable bonds is 4. The molecular weight excluding hydrogens is 374 g/mol. The Morgan fingerprint density at radius 3 is 2.28 bits per heavy atom. The summed E-state index contributed by atoms with van der Waals surface area (Å²) in [6.07, 6.45) is 0. The number of para-hydroxylation sites is 2. The van der Waals surface area contributed by atoms with Crippen molar-refractivity contribution in [2.24, 2.45) is 0 Å². The Bertz CT molecular complexity index is 1280. The Morgan fingerprint density at radius 1 is 0.931 bits per heavy atom. The molecule has 0 saturated carbocycles. The molecule has 0 saturated heterocycles. The van der Waals surface area contributed by atoms with E-state index in [4.69, 9.17) is 0 Å². The van der Waals surface area contributed by atoms with Crippen molar-refractivity contribution in [1.29, 1.82) is 0 Å². The Kier molecular flexibility index (Phi) is 4.36. The lowest BCUT2D eigenvalue weighted by molar-refractivity contribution is -0.384. The molecule has 0 fully saturated rings. The third kappa shape index (κ3) is 3.12. The minimum atomic E-state index is -1.14. The van der Waals surface area contributed by atoms with Crippen LogP contribution < -0.4 is 0 Å². The number of nitrogens with zero attached hydrogens (tertiary/aromatic N) is 3. The summed E-state index contributed by atoms with van der Waals surface area (Å²) in [5.74, 6) is -1.42. The van der Waals surface area contributed by atoms with Crippen molar-refractivity contribution in [2.45, 2.75) is 0 Å². The SMILES string of the molecule is O=C(O)c1ccccc1-c1nc2ccccc2n1C(=O)c1ccc([N+](=O)[O-])cc1. The molecule has 0 radical (unpaired) electrons. The largest absolute Gasteiger partial charge is 0.478 e. The first-order valence-electron chi connectivity index (χ1n) is 8.56. The van der Waals surface area contributed by atoms with Crippen LogP contribution in [0.15, 0.2) is 72.8 Å². The van der Waals surface area contributed by atoms with E-state index in [-0.39, 0.29) is 22.6 Å². The van der Waals surface area contributed by atoms with Crippen molar-refractivity contribution in [3.63, 3.8) is 0 Å². The van der Waals surface area contributed by atoms with Crippen LogP contribution in [0.25, 0.3) is 22.4 Å². The molecule has 0 amide bonds. The number of fused-ring (bicyclic) bond motifs is 1. The van der Waals surface area contributed by atoms with Gasteiger partial charge in [-0.3, -0.25) is 19.5 Å². The second-order valence-corrected chi connectivity index (χ2v) is 6.22. The van der Waals surface area contributed by atoms with Gasteiger partial charge >= 0.3 is 5.97 Å². The average molecular weight is 387 g/mol. The molecule has 8 heteroatoms. The predicted octanol–water partition coefficient (Wildman–Crippen LogP) is 4.00. The number of nitro benzene ring substituents is 1. The van der Waals surface area contributed by atoms with Crippen LogP contribution in [0.5, 0.6) is 0 Å². The minimum absolute atomic E-state index is 0.0144. The molecule has 29 heavy (non-hydrogen) atoms. The maximum absolute atomic E-state index is 13.3. The lowest BCUT2D eigenvalue weighted by Crippen LogP contribution is -2.14. The summed E-state index contributed by atoms with van der Waals surface area (Å²) < 4.78 is 1.33. The summed E-state index contributed by atoms with van der Waals surface area (Å²) in [5.41, 5.74) is 1.43. The van der Waals surface area contributed by atoms with Crippen LogP contribution in [0.2, 0.25) is 0 Å². The molecule has 3 aromatic carbocycles. The smallest absolute Gasteiger partial charge is 0.336 e. The van der Waals surface area contributed by atoms with E-state index in [0.717, 1.165) is 0 Å². The van der Waals surface area contributed by atoms with Crippen LogP contribution in [0.1, 0.15) is 20.7 Å². The number of carbonyl (C=O) groups excluding carboxylic acids is 1. The Hall–Kier alpha value is -4.33. The van der Waals surface area contributed by atoms with Crippen molar-refractivity contribution in [1.82, 2.24) is 9.55 Å². The number of nitro groups is 1. The maximum Gasteiger partial charge on any atom is 0.336 e. The molecule has 0 unspecified atom stereocenters. The Balaban J connectivity index is 1.95. The zero-order chi connectivity index (χ0) is 20.5. The number of aromatic carboxylic acids is 1. The number of aromatic nitrogens is 2. The van der Waals surface area contributed by atoms with E-state index >= 15 is 0 Å². The van der Waals surface area contributed by atoms with Gasteiger partial charge < -0.3 is 5.11 Å². The molecule has 8 nitrogen and oxygen atoms in total. The van der Waals surface area contributed by atoms with Crippen LogP contribution in [-0.2, 0) is 0 Å². The van der Waals surface area contributed by atoms with Gasteiger partial charge in [-0.25, -0.2) is 9.78 Å². The number of benzene rings is 3. The first kappa shape index (κ1) is 18.1. The number of carboxylic acid groups (broad SMARTS) is 1. The summed E-state index contributed by atoms with van der Waals surface area (Å²) in [6, 6.07) is 18.5. The van der Waals surface area contributed by atoms with Gasteiger partial charge in [-0.2, -0.15) is 0 Å². The third-order valence-corrected chi connectivity index (χ3v) is 4.49. The van der Waals surface area contributed by atoms with Gasteiger partial charge in [0.05, 0.1) is 21.5 Å². The molecule has 0 bridgehead atoms. The van der Waals surface area contributed by atoms with Gasteiger partial charge in [0.15, 0.2) is 0 Å². The molecule has 0 aliphatic heterocycles. The van der Waals surface area contributed by atoms with Crippen molar-refractivity contribution < 1.29 is 19.6 Å². The molecule has 4 rings (SSSR count). The Morgan fingerprint density at radius 2 is 1.59 bits per heavy atom. The Labute approximate surface area is 163 Å². The molecule has 0 spiro atoms. The minimum Gasteiger partial charge on any atom is -0.478 e. The summed E-state index contributed by atoms with van der Waals surface area (Å²) in [7, 11) is 0. The van der Waals surface area contributed by atoms with Crippen LogP contribution in [0, 0.1) is 10.1 Å². The number of carbonyl (C=O) groups is 2. The van der Waals surface area contributed by atoms with Crippen LogP contribution >= 0.6 is 0 Å². The normalized spacial score (nSPS) is 10.8. The fourth-order valence-electron chi connectivity index (χ4n) is 3.13. The molecule has 1 N–H and O–H groups in total. The van der Waals surface area contributed by atoms with Crippen molar-refractivity contribution in [3.05, 3.63) is 94.0 Å². The summed E-state index contributed by atoms with van der Waals surface area (Å²) >= 11 is 0. The van der Waals surface area contributed by atoms with Crippen molar-refractivity contribution >= 4 is 28.6 Å². The highest BCUT2D eigenvalue weighted by Gasteiger charge is 2.23. The monoisotopic (exact) mass is 387 g/mol. The lowest BCUT2D eigenvalue weighted by Gasteiger charge is -2.10. The van der Waals surface area contributed by atoms with Gasteiger partial charge in [0, 0.05) is 23.3 Å². The molecule has 0 aliphatic carbocycles. The molecule has 142 valence electrons. The number of imidazole rings is 1. The van der Waals surface area contributed by atoms with E-state index in [0.29, 0.717) is 16.6 Å². The standard InChI is InChI=1S/C21H13N3O5/c25-20(13-9-11-14(12-10-13)24(28)29)23-18-8-4-3-7-17(18)22-19(23)15-5-1-2-6-16(15)21(26)27/h1-12H,(H,26,27). The first-order valence-corrected chi connectivity index (χ1v) is 8.56. The van der Waals surface area contributed by atoms with E-state index in [1.807, 2.05) is 0 Å². The van der Waals surface area contributed by atoms with E-state index in [9.17, 15) is 24.8 Å². The van der Waals surface area contributed by atoms with Gasteiger partial charge in [-0.15, -0.1) is 0 Å². The van der Waals surface area contributed by atoms with E-state index in [1.165, 1.54) is 34.9 Å². The van der Waals surface area contributed by atoms with Gasteiger partial charge in [-0.1, -0.05) is 30.3 Å². The van der Waals surface area contributed by atoms with Gasteiger partial charge in [0.1, 0.15) is 5.82 Å². The average Bonchev–Trinajstić information content (AvgIpc) is 3.12. The second kappa shape index (κ2) is 7.01. The predicted molar refractivity (Wildman–Crippen MR) is 105 cm³/mol. The van der Waals surface area contributed by atoms with E-state index in [1.54, 1.807) is 42.5 Å². The number of non-ortho nitro benzene ring substituents is 1. The molecule has 0 atom stereocenters. The van der Waals surface area contributed by atoms with Gasteiger partial charge in [0.2, 0.25) is 0 Å². The zero-order valence-electron chi connectivity index (χ0n) is 14.9. The quantitative estimate of drug-likeness (QED) is 0.418. The van der Waals surface area contributed by atoms with Crippen LogP contribution in [-0.4, -0.2) is 31.5 Å². The van der Waals surface area contributed by atoms with E-state index < -0.39 is 16.8 Å². The summed E-state index contributed by atoms with van der Waals surface area (Å²) in [5, 5.41) is 20.4. The maximum atomic E-state index is 13.3. The number of hydrogen-bond acceptors (Lipinski definition) is 5. The second-order valence-electron chi connectivity index (χ2n) is 6.22. The van der Waals surface area contributed by atoms with Gasteiger partial charge in [0.25, 0.3) is 11.6 Å². The summed E-state index contributed by atoms with van der Waals surface area (Å²) in [6.45, 7) is 0. The third-order valence-electron chi connectivity index (χ3n) is 4.49. The molecule has 4 aromatic rings. The fraction of sp³-hybridized carbons (Fsp3) is 0. The first-order chi connectivity index (χ1) is 14.0. The van der Waals surface area contributed by atoms with Crippen molar-refractivity contribution in [2.75, 3.05) is 0 Å². The summed E-state index contributed by atoms with van der Waals surface area (Å²) in [4.78, 5) is 39.8. The number of carboxylic acids is 1. The van der Waals surface area contributed by atoms with E-state index in [2.05, 4.69) is 4.98 Å². The molecular formula is C21H13N3O5. The number of hydrogen-bond donors (Lipinski definition) is 1. The fourth-order valence-corrected chi connectivity index (χ4v) is 3.13. The van der Waals surface area contributed by atoms with Crippen LogP contribution in [0.3, 0.4) is 0 Å². The zero-order valence-corrected chi connectivity index (χ0v) is 14.9. The highest BCUT2D eigenvalue weighted by atomic mass is 16.6.